The molecule has 0 aliphatic heterocycles. The topological polar surface area (TPSA) is 71.1 Å². The molecule has 0 saturated heterocycles. The van der Waals surface area contributed by atoms with Crippen LogP contribution in [-0.2, 0) is 4.74 Å². The average Bonchev–Trinajstić information content (AvgIpc) is 2.21. The van der Waals surface area contributed by atoms with Gasteiger partial charge in [0.2, 0.25) is 0 Å². The second-order valence-corrected chi connectivity index (χ2v) is 3.93. The van der Waals surface area contributed by atoms with Crippen molar-refractivity contribution in [3.63, 3.8) is 0 Å². The highest BCUT2D eigenvalue weighted by Crippen LogP contribution is 1.93. The fourth-order valence-corrected chi connectivity index (χ4v) is 1.12. The number of oxime groups is 1. The zero-order chi connectivity index (χ0) is 11.7. The Morgan fingerprint density at radius 1 is 1.53 bits per heavy atom. The van der Waals surface area contributed by atoms with Gasteiger partial charge in [0.15, 0.2) is 5.84 Å². The standard InChI is InChI=1S/C10H23N3O2/c1-4-13(7-10(11)12-14)5-6-15-8-9(2)3/h9,14H,4-8H2,1-3H3,(H2,11,12). The monoisotopic (exact) mass is 217 g/mol. The SMILES string of the molecule is CCN(CCOCC(C)C)CC(N)=NO. The van der Waals surface area contributed by atoms with E-state index in [1.807, 2.05) is 6.92 Å². The lowest BCUT2D eigenvalue weighted by atomic mass is 10.2. The van der Waals surface area contributed by atoms with Crippen molar-refractivity contribution in [1.82, 2.24) is 4.90 Å². The summed E-state index contributed by atoms with van der Waals surface area (Å²) in [7, 11) is 0. The van der Waals surface area contributed by atoms with Crippen LogP contribution in [0.4, 0.5) is 0 Å². The summed E-state index contributed by atoms with van der Waals surface area (Å²) in [6.45, 7) is 9.89. The van der Waals surface area contributed by atoms with Crippen LogP contribution in [0.25, 0.3) is 0 Å². The Balaban J connectivity index is 3.62. The molecule has 3 N–H and O–H groups in total. The summed E-state index contributed by atoms with van der Waals surface area (Å²) in [5.74, 6) is 0.796. The van der Waals surface area contributed by atoms with Gasteiger partial charge in [-0.15, -0.1) is 0 Å². The van der Waals surface area contributed by atoms with Crippen LogP contribution in [0.15, 0.2) is 5.16 Å². The van der Waals surface area contributed by atoms with Gasteiger partial charge >= 0.3 is 0 Å². The molecule has 0 aromatic heterocycles. The first kappa shape index (κ1) is 14.2. The molecular formula is C10H23N3O2. The molecule has 0 radical (unpaired) electrons. The van der Waals surface area contributed by atoms with Crippen molar-refractivity contribution in [3.8, 4) is 0 Å². The van der Waals surface area contributed by atoms with Gasteiger partial charge in [0.1, 0.15) is 0 Å². The van der Waals surface area contributed by atoms with Gasteiger partial charge in [0, 0.05) is 13.2 Å². The Bertz CT molecular complexity index is 184. The molecule has 0 aliphatic rings. The Hall–Kier alpha value is -0.810. The average molecular weight is 217 g/mol. The molecule has 0 rings (SSSR count). The van der Waals surface area contributed by atoms with Gasteiger partial charge in [-0.05, 0) is 12.5 Å². The van der Waals surface area contributed by atoms with Crippen molar-refractivity contribution in [2.24, 2.45) is 16.8 Å². The minimum Gasteiger partial charge on any atom is -0.409 e. The predicted molar refractivity (Wildman–Crippen MR) is 61.2 cm³/mol. The number of nitrogens with two attached hydrogens (primary N) is 1. The van der Waals surface area contributed by atoms with Crippen molar-refractivity contribution >= 4 is 5.84 Å². The maximum absolute atomic E-state index is 8.43. The minimum absolute atomic E-state index is 0.237. The van der Waals surface area contributed by atoms with E-state index in [2.05, 4.69) is 23.9 Å². The molecule has 0 bridgehead atoms. The Labute approximate surface area is 91.9 Å². The zero-order valence-electron chi connectivity index (χ0n) is 9.94. The van der Waals surface area contributed by atoms with Crippen molar-refractivity contribution < 1.29 is 9.94 Å². The third kappa shape index (κ3) is 8.20. The van der Waals surface area contributed by atoms with E-state index in [4.69, 9.17) is 15.7 Å². The predicted octanol–water partition coefficient (Wildman–Crippen LogP) is 0.727. The molecule has 90 valence electrons. The first-order valence-corrected chi connectivity index (χ1v) is 5.36. The number of likely N-dealkylation sites (N-methyl/N-ethyl adjacent to an activating group) is 1. The van der Waals surface area contributed by atoms with Gasteiger partial charge < -0.3 is 15.7 Å². The van der Waals surface area contributed by atoms with E-state index in [-0.39, 0.29) is 5.84 Å². The number of rotatable bonds is 8. The second-order valence-electron chi connectivity index (χ2n) is 3.93. The lowest BCUT2D eigenvalue weighted by Gasteiger charge is -2.19. The van der Waals surface area contributed by atoms with E-state index in [0.717, 1.165) is 19.7 Å². The number of amidine groups is 1. The first-order valence-electron chi connectivity index (χ1n) is 5.36. The van der Waals surface area contributed by atoms with Crippen LogP contribution in [0.1, 0.15) is 20.8 Å². The quantitative estimate of drug-likeness (QED) is 0.207. The molecule has 0 saturated carbocycles. The molecule has 0 unspecified atom stereocenters. The summed E-state index contributed by atoms with van der Waals surface area (Å²) in [6.07, 6.45) is 0. The summed E-state index contributed by atoms with van der Waals surface area (Å²) in [4.78, 5) is 2.06. The highest BCUT2D eigenvalue weighted by Gasteiger charge is 2.04. The fraction of sp³-hybridized carbons (Fsp3) is 0.900. The van der Waals surface area contributed by atoms with Crippen LogP contribution in [0.2, 0.25) is 0 Å². The van der Waals surface area contributed by atoms with Crippen molar-refractivity contribution in [3.05, 3.63) is 0 Å². The third-order valence-corrected chi connectivity index (χ3v) is 1.96. The molecular weight excluding hydrogens is 194 g/mol. The van der Waals surface area contributed by atoms with Gasteiger partial charge in [-0.25, -0.2) is 0 Å². The first-order chi connectivity index (χ1) is 7.10. The minimum atomic E-state index is 0.237. The molecule has 5 heteroatoms. The highest BCUT2D eigenvalue weighted by molar-refractivity contribution is 5.81. The molecule has 0 atom stereocenters. The van der Waals surface area contributed by atoms with E-state index in [1.54, 1.807) is 0 Å². The van der Waals surface area contributed by atoms with E-state index in [1.165, 1.54) is 0 Å². The van der Waals surface area contributed by atoms with E-state index in [9.17, 15) is 0 Å². The second kappa shape index (κ2) is 8.49. The number of hydrogen-bond acceptors (Lipinski definition) is 4. The van der Waals surface area contributed by atoms with Gasteiger partial charge in [0.05, 0.1) is 13.2 Å². The van der Waals surface area contributed by atoms with Crippen molar-refractivity contribution in [1.29, 1.82) is 0 Å². The molecule has 0 aromatic carbocycles. The summed E-state index contributed by atoms with van der Waals surface area (Å²) in [5, 5.41) is 11.4. The smallest absolute Gasteiger partial charge is 0.153 e. The lowest BCUT2D eigenvalue weighted by Crippen LogP contribution is -2.36. The van der Waals surface area contributed by atoms with Gasteiger partial charge in [0.25, 0.3) is 0 Å². The maximum Gasteiger partial charge on any atom is 0.153 e. The molecule has 0 amide bonds. The number of ether oxygens (including phenoxy) is 1. The number of nitrogens with zero attached hydrogens (tertiary/aromatic N) is 2. The summed E-state index contributed by atoms with van der Waals surface area (Å²) in [6, 6.07) is 0. The largest absolute Gasteiger partial charge is 0.409 e. The summed E-state index contributed by atoms with van der Waals surface area (Å²) >= 11 is 0. The molecule has 0 fully saturated rings. The van der Waals surface area contributed by atoms with Gasteiger partial charge in [-0.3, -0.25) is 4.90 Å². The van der Waals surface area contributed by atoms with E-state index in [0.29, 0.717) is 19.1 Å². The molecule has 5 nitrogen and oxygen atoms in total. The molecule has 15 heavy (non-hydrogen) atoms. The van der Waals surface area contributed by atoms with Crippen LogP contribution in [0.3, 0.4) is 0 Å². The van der Waals surface area contributed by atoms with Crippen LogP contribution in [0, 0.1) is 5.92 Å². The summed E-state index contributed by atoms with van der Waals surface area (Å²) in [5.41, 5.74) is 5.42. The summed E-state index contributed by atoms with van der Waals surface area (Å²) < 4.78 is 5.46. The highest BCUT2D eigenvalue weighted by atomic mass is 16.5. The van der Waals surface area contributed by atoms with Crippen molar-refractivity contribution in [2.75, 3.05) is 32.8 Å². The van der Waals surface area contributed by atoms with Gasteiger partial charge in [-0.1, -0.05) is 25.9 Å². The Morgan fingerprint density at radius 2 is 2.20 bits per heavy atom. The third-order valence-electron chi connectivity index (χ3n) is 1.96. The normalized spacial score (nSPS) is 12.7. The molecule has 0 aromatic rings. The van der Waals surface area contributed by atoms with Crippen LogP contribution >= 0.6 is 0 Å². The van der Waals surface area contributed by atoms with Crippen LogP contribution in [0.5, 0.6) is 0 Å². The maximum atomic E-state index is 8.43. The lowest BCUT2D eigenvalue weighted by molar-refractivity contribution is 0.0902. The van der Waals surface area contributed by atoms with Crippen molar-refractivity contribution in [2.45, 2.75) is 20.8 Å². The van der Waals surface area contributed by atoms with E-state index >= 15 is 0 Å². The molecule has 0 spiro atoms. The van der Waals surface area contributed by atoms with Gasteiger partial charge in [-0.2, -0.15) is 0 Å². The Morgan fingerprint density at radius 3 is 2.67 bits per heavy atom. The molecule has 0 aliphatic carbocycles. The Kier molecular flexibility index (Phi) is 8.04. The molecule has 0 heterocycles. The van der Waals surface area contributed by atoms with Crippen LogP contribution in [-0.4, -0.2) is 48.8 Å². The van der Waals surface area contributed by atoms with Crippen LogP contribution < -0.4 is 5.73 Å². The zero-order valence-corrected chi connectivity index (χ0v) is 9.94. The number of hydrogen-bond donors (Lipinski definition) is 2. The fourth-order valence-electron chi connectivity index (χ4n) is 1.12. The van der Waals surface area contributed by atoms with E-state index < -0.39 is 0 Å².